The van der Waals surface area contributed by atoms with E-state index in [9.17, 15) is 8.78 Å². The van der Waals surface area contributed by atoms with Crippen LogP contribution >= 0.6 is 15.9 Å². The lowest BCUT2D eigenvalue weighted by Crippen LogP contribution is -2.38. The van der Waals surface area contributed by atoms with Crippen molar-refractivity contribution in [1.82, 2.24) is 10.6 Å². The molecule has 1 aromatic carbocycles. The van der Waals surface area contributed by atoms with E-state index < -0.39 is 6.61 Å². The maximum absolute atomic E-state index is 12.4. The largest absolute Gasteiger partial charge is 0.434 e. The number of aliphatic imine (C=N–C) groups is 1. The summed E-state index contributed by atoms with van der Waals surface area (Å²) >= 11 is 3.30. The maximum Gasteiger partial charge on any atom is 0.387 e. The molecule has 1 aromatic rings. The van der Waals surface area contributed by atoms with E-state index >= 15 is 0 Å². The van der Waals surface area contributed by atoms with Gasteiger partial charge >= 0.3 is 6.61 Å². The Labute approximate surface area is 130 Å². The first-order valence-corrected chi connectivity index (χ1v) is 7.02. The number of alkyl halides is 2. The second kappa shape index (κ2) is 9.51. The third-order valence-corrected chi connectivity index (χ3v) is 3.00. The van der Waals surface area contributed by atoms with Crippen LogP contribution in [0, 0.1) is 0 Å². The van der Waals surface area contributed by atoms with Crippen LogP contribution in [0.2, 0.25) is 0 Å². The third kappa shape index (κ3) is 6.72. The molecule has 0 saturated carbocycles. The maximum atomic E-state index is 12.4. The van der Waals surface area contributed by atoms with Gasteiger partial charge in [-0.1, -0.05) is 15.9 Å². The Bertz CT molecular complexity index is 473. The van der Waals surface area contributed by atoms with Gasteiger partial charge in [0.25, 0.3) is 0 Å². The number of benzene rings is 1. The standard InChI is InChI=1S/C13H18BrF2N3O2/c1-17-13(18-5-6-20-2)19-8-9-7-10(14)3-4-11(9)21-12(15)16/h3-4,7,12H,5-6,8H2,1-2H3,(H2,17,18,19). The second-order valence-electron chi connectivity index (χ2n) is 3.98. The Kier molecular flexibility index (Phi) is 7.99. The van der Waals surface area contributed by atoms with Gasteiger partial charge in [0.15, 0.2) is 5.96 Å². The number of ether oxygens (including phenoxy) is 2. The predicted molar refractivity (Wildman–Crippen MR) is 80.9 cm³/mol. The zero-order chi connectivity index (χ0) is 15.7. The SMILES string of the molecule is CN=C(NCCOC)NCc1cc(Br)ccc1OC(F)F. The lowest BCUT2D eigenvalue weighted by Gasteiger charge is -2.14. The van der Waals surface area contributed by atoms with E-state index in [-0.39, 0.29) is 5.75 Å². The summed E-state index contributed by atoms with van der Waals surface area (Å²) in [6, 6.07) is 4.86. The van der Waals surface area contributed by atoms with Gasteiger partial charge in [-0.3, -0.25) is 4.99 Å². The Balaban J connectivity index is 2.66. The van der Waals surface area contributed by atoms with Crippen molar-refractivity contribution in [1.29, 1.82) is 0 Å². The molecule has 2 N–H and O–H groups in total. The number of nitrogens with zero attached hydrogens (tertiary/aromatic N) is 1. The molecule has 0 spiro atoms. The number of rotatable bonds is 7. The molecule has 0 heterocycles. The summed E-state index contributed by atoms with van der Waals surface area (Å²) in [5, 5.41) is 6.05. The van der Waals surface area contributed by atoms with E-state index in [4.69, 9.17) is 4.74 Å². The van der Waals surface area contributed by atoms with Gasteiger partial charge in [0.2, 0.25) is 0 Å². The molecule has 0 saturated heterocycles. The molecule has 21 heavy (non-hydrogen) atoms. The Morgan fingerprint density at radius 1 is 1.38 bits per heavy atom. The summed E-state index contributed by atoms with van der Waals surface area (Å²) in [6.07, 6.45) is 0. The van der Waals surface area contributed by atoms with Gasteiger partial charge < -0.3 is 20.1 Å². The summed E-state index contributed by atoms with van der Waals surface area (Å²) in [6.45, 7) is -1.43. The van der Waals surface area contributed by atoms with Gasteiger partial charge in [-0.25, -0.2) is 0 Å². The molecular weight excluding hydrogens is 348 g/mol. The number of nitrogens with one attached hydrogen (secondary N) is 2. The van der Waals surface area contributed by atoms with E-state index in [0.717, 1.165) is 4.47 Å². The first-order valence-electron chi connectivity index (χ1n) is 6.23. The fourth-order valence-corrected chi connectivity index (χ4v) is 1.98. The quantitative estimate of drug-likeness (QED) is 0.442. The number of hydrogen-bond donors (Lipinski definition) is 2. The highest BCUT2D eigenvalue weighted by atomic mass is 79.9. The lowest BCUT2D eigenvalue weighted by atomic mass is 10.2. The molecule has 0 aliphatic heterocycles. The molecule has 0 atom stereocenters. The van der Waals surface area contributed by atoms with Crippen molar-refractivity contribution in [2.24, 2.45) is 4.99 Å². The van der Waals surface area contributed by atoms with Gasteiger partial charge in [-0.15, -0.1) is 0 Å². The van der Waals surface area contributed by atoms with Crippen molar-refractivity contribution >= 4 is 21.9 Å². The van der Waals surface area contributed by atoms with Crippen LogP contribution in [0.15, 0.2) is 27.7 Å². The van der Waals surface area contributed by atoms with Crippen LogP contribution in [0.25, 0.3) is 0 Å². The third-order valence-electron chi connectivity index (χ3n) is 2.51. The smallest absolute Gasteiger partial charge is 0.387 e. The van der Waals surface area contributed by atoms with Crippen LogP contribution < -0.4 is 15.4 Å². The minimum absolute atomic E-state index is 0.132. The summed E-state index contributed by atoms with van der Waals surface area (Å²) < 4.78 is 34.9. The van der Waals surface area contributed by atoms with Gasteiger partial charge in [0, 0.05) is 37.3 Å². The van der Waals surface area contributed by atoms with Crippen LogP contribution in [0.1, 0.15) is 5.56 Å². The summed E-state index contributed by atoms with van der Waals surface area (Å²) in [5.74, 6) is 0.683. The van der Waals surface area contributed by atoms with Crippen molar-refractivity contribution in [3.63, 3.8) is 0 Å². The highest BCUT2D eigenvalue weighted by Crippen LogP contribution is 2.24. The Morgan fingerprint density at radius 2 is 2.14 bits per heavy atom. The molecule has 118 valence electrons. The van der Waals surface area contributed by atoms with Crippen molar-refractivity contribution in [3.05, 3.63) is 28.2 Å². The van der Waals surface area contributed by atoms with E-state index in [1.165, 1.54) is 6.07 Å². The number of methoxy groups -OCH3 is 1. The molecule has 0 aromatic heterocycles. The van der Waals surface area contributed by atoms with Crippen molar-refractivity contribution < 1.29 is 18.3 Å². The molecule has 0 unspecified atom stereocenters. The molecule has 0 radical (unpaired) electrons. The fourth-order valence-electron chi connectivity index (χ4n) is 1.57. The minimum atomic E-state index is -2.86. The van der Waals surface area contributed by atoms with Crippen LogP contribution in [0.3, 0.4) is 0 Å². The summed E-state index contributed by atoms with van der Waals surface area (Å²) in [4.78, 5) is 4.03. The van der Waals surface area contributed by atoms with Gasteiger partial charge in [-0.05, 0) is 18.2 Å². The van der Waals surface area contributed by atoms with Crippen LogP contribution in [0.4, 0.5) is 8.78 Å². The summed E-state index contributed by atoms with van der Waals surface area (Å²) in [7, 11) is 3.23. The topological polar surface area (TPSA) is 54.9 Å². The van der Waals surface area contributed by atoms with Crippen molar-refractivity contribution in [2.75, 3.05) is 27.3 Å². The highest BCUT2D eigenvalue weighted by molar-refractivity contribution is 9.10. The van der Waals surface area contributed by atoms with Crippen LogP contribution in [0.5, 0.6) is 5.75 Å². The molecule has 0 aliphatic carbocycles. The normalized spacial score (nSPS) is 11.6. The lowest BCUT2D eigenvalue weighted by molar-refractivity contribution is -0.0504. The molecule has 5 nitrogen and oxygen atoms in total. The summed E-state index contributed by atoms with van der Waals surface area (Å²) in [5.41, 5.74) is 0.597. The van der Waals surface area contributed by atoms with Crippen molar-refractivity contribution in [3.8, 4) is 5.75 Å². The monoisotopic (exact) mass is 365 g/mol. The fraction of sp³-hybridized carbons (Fsp3) is 0.462. The number of hydrogen-bond acceptors (Lipinski definition) is 3. The number of halogens is 3. The molecule has 0 amide bonds. The molecular formula is C13H18BrF2N3O2. The molecule has 0 bridgehead atoms. The van der Waals surface area contributed by atoms with Gasteiger partial charge in [-0.2, -0.15) is 8.78 Å². The Hall–Kier alpha value is -1.41. The zero-order valence-corrected chi connectivity index (χ0v) is 13.4. The molecule has 0 fully saturated rings. The van der Waals surface area contributed by atoms with Crippen LogP contribution in [-0.2, 0) is 11.3 Å². The Morgan fingerprint density at radius 3 is 2.76 bits per heavy atom. The van der Waals surface area contributed by atoms with Crippen molar-refractivity contribution in [2.45, 2.75) is 13.2 Å². The first-order chi connectivity index (χ1) is 10.1. The van der Waals surface area contributed by atoms with E-state index in [0.29, 0.717) is 31.2 Å². The zero-order valence-electron chi connectivity index (χ0n) is 11.8. The average molecular weight is 366 g/mol. The molecule has 1 rings (SSSR count). The van der Waals surface area contributed by atoms with E-state index in [1.54, 1.807) is 26.3 Å². The predicted octanol–water partition coefficient (Wildman–Crippen LogP) is 2.36. The molecule has 0 aliphatic rings. The van der Waals surface area contributed by atoms with Crippen LogP contribution in [-0.4, -0.2) is 39.9 Å². The number of guanidine groups is 1. The average Bonchev–Trinajstić information content (AvgIpc) is 2.44. The van der Waals surface area contributed by atoms with Gasteiger partial charge in [0.05, 0.1) is 6.61 Å². The van der Waals surface area contributed by atoms with Gasteiger partial charge in [0.1, 0.15) is 5.75 Å². The molecule has 8 heteroatoms. The highest BCUT2D eigenvalue weighted by Gasteiger charge is 2.10. The van der Waals surface area contributed by atoms with E-state index in [2.05, 4.69) is 36.3 Å². The minimum Gasteiger partial charge on any atom is -0.434 e. The van der Waals surface area contributed by atoms with E-state index in [1.807, 2.05) is 0 Å². The second-order valence-corrected chi connectivity index (χ2v) is 4.89. The first kappa shape index (κ1) is 17.6.